The third kappa shape index (κ3) is 4.62. The Labute approximate surface area is 140 Å². The number of hydrogen-bond acceptors (Lipinski definition) is 2. The van der Waals surface area contributed by atoms with Gasteiger partial charge in [-0.1, -0.05) is 36.2 Å². The first-order chi connectivity index (χ1) is 10.4. The molecule has 1 unspecified atom stereocenters. The number of benzene rings is 1. The zero-order valence-corrected chi connectivity index (χ0v) is 13.9. The lowest BCUT2D eigenvalue weighted by molar-refractivity contribution is -0.143. The van der Waals surface area contributed by atoms with Crippen LogP contribution < -0.4 is 0 Å². The molecular formula is C16H19Cl2NO3. The Hall–Kier alpha value is -1.26. The SMILES string of the molecule is CC(CN(C(=O)CCc1ccc(Cl)cc1Cl)C1CC1)C(=O)O. The van der Waals surface area contributed by atoms with Crippen molar-refractivity contribution in [2.75, 3.05) is 6.54 Å². The third-order valence-electron chi connectivity index (χ3n) is 3.82. The number of aryl methyl sites for hydroxylation is 1. The van der Waals surface area contributed by atoms with Gasteiger partial charge in [0.05, 0.1) is 5.92 Å². The Balaban J connectivity index is 1.95. The number of nitrogens with zero attached hydrogens (tertiary/aromatic N) is 1. The molecule has 0 aromatic heterocycles. The highest BCUT2D eigenvalue weighted by molar-refractivity contribution is 6.35. The summed E-state index contributed by atoms with van der Waals surface area (Å²) in [7, 11) is 0. The lowest BCUT2D eigenvalue weighted by Crippen LogP contribution is -2.38. The van der Waals surface area contributed by atoms with Crippen LogP contribution in [0.2, 0.25) is 10.0 Å². The molecule has 1 aliphatic rings. The number of aliphatic carboxylic acids is 1. The fraction of sp³-hybridized carbons (Fsp3) is 0.500. The second-order valence-corrected chi connectivity index (χ2v) is 6.60. The molecule has 0 spiro atoms. The van der Waals surface area contributed by atoms with Crippen molar-refractivity contribution in [3.63, 3.8) is 0 Å². The summed E-state index contributed by atoms with van der Waals surface area (Å²) in [6.07, 6.45) is 2.77. The van der Waals surface area contributed by atoms with Crippen LogP contribution in [0, 0.1) is 5.92 Å². The van der Waals surface area contributed by atoms with Crippen LogP contribution in [-0.2, 0) is 16.0 Å². The molecule has 0 heterocycles. The molecule has 1 aliphatic carbocycles. The molecule has 120 valence electrons. The summed E-state index contributed by atoms with van der Waals surface area (Å²) >= 11 is 12.0. The number of carboxylic acid groups (broad SMARTS) is 1. The number of carboxylic acids is 1. The number of rotatable bonds is 7. The molecule has 1 amide bonds. The van der Waals surface area contributed by atoms with Crippen LogP contribution in [0.5, 0.6) is 0 Å². The maximum Gasteiger partial charge on any atom is 0.308 e. The average molecular weight is 344 g/mol. The van der Waals surface area contributed by atoms with Crippen molar-refractivity contribution in [2.24, 2.45) is 5.92 Å². The van der Waals surface area contributed by atoms with E-state index in [9.17, 15) is 9.59 Å². The van der Waals surface area contributed by atoms with Crippen molar-refractivity contribution in [2.45, 2.75) is 38.6 Å². The molecule has 1 N–H and O–H groups in total. The minimum atomic E-state index is -0.876. The Bertz CT molecular complexity index is 573. The van der Waals surface area contributed by atoms with Crippen molar-refractivity contribution in [1.82, 2.24) is 4.90 Å². The third-order valence-corrected chi connectivity index (χ3v) is 4.41. The summed E-state index contributed by atoms with van der Waals surface area (Å²) in [6.45, 7) is 1.90. The molecule has 1 aromatic rings. The topological polar surface area (TPSA) is 57.6 Å². The van der Waals surface area contributed by atoms with Crippen LogP contribution in [0.3, 0.4) is 0 Å². The number of carbonyl (C=O) groups is 2. The summed E-state index contributed by atoms with van der Waals surface area (Å²) < 4.78 is 0. The predicted molar refractivity (Wildman–Crippen MR) is 86.3 cm³/mol. The van der Waals surface area contributed by atoms with Crippen molar-refractivity contribution < 1.29 is 14.7 Å². The first-order valence-corrected chi connectivity index (χ1v) is 8.10. The largest absolute Gasteiger partial charge is 0.481 e. The fourth-order valence-corrected chi connectivity index (χ4v) is 2.83. The summed E-state index contributed by atoms with van der Waals surface area (Å²) in [5, 5.41) is 10.1. The van der Waals surface area contributed by atoms with Gasteiger partial charge in [0.25, 0.3) is 0 Å². The van der Waals surface area contributed by atoms with Crippen LogP contribution in [0.4, 0.5) is 0 Å². The minimum absolute atomic E-state index is 0.0124. The summed E-state index contributed by atoms with van der Waals surface area (Å²) in [4.78, 5) is 25.1. The molecule has 1 atom stereocenters. The molecule has 0 bridgehead atoms. The smallest absolute Gasteiger partial charge is 0.308 e. The molecular weight excluding hydrogens is 325 g/mol. The molecule has 6 heteroatoms. The second-order valence-electron chi connectivity index (χ2n) is 5.75. The first kappa shape index (κ1) is 17.1. The van der Waals surface area contributed by atoms with E-state index in [1.807, 2.05) is 6.07 Å². The van der Waals surface area contributed by atoms with E-state index in [0.717, 1.165) is 18.4 Å². The maximum atomic E-state index is 12.4. The van der Waals surface area contributed by atoms with E-state index < -0.39 is 11.9 Å². The molecule has 0 saturated heterocycles. The van der Waals surface area contributed by atoms with Gasteiger partial charge in [0.1, 0.15) is 0 Å². The first-order valence-electron chi connectivity index (χ1n) is 7.34. The summed E-state index contributed by atoms with van der Waals surface area (Å²) in [5.41, 5.74) is 0.876. The molecule has 1 aromatic carbocycles. The van der Waals surface area contributed by atoms with Crippen molar-refractivity contribution in [3.05, 3.63) is 33.8 Å². The quantitative estimate of drug-likeness (QED) is 0.822. The number of halogens is 2. The Kier molecular flexibility index (Phi) is 5.70. The van der Waals surface area contributed by atoms with Crippen LogP contribution >= 0.6 is 23.2 Å². The van der Waals surface area contributed by atoms with Gasteiger partial charge in [-0.05, 0) is 37.0 Å². The Morgan fingerprint density at radius 1 is 1.36 bits per heavy atom. The van der Waals surface area contributed by atoms with E-state index in [-0.39, 0.29) is 18.5 Å². The zero-order chi connectivity index (χ0) is 16.3. The van der Waals surface area contributed by atoms with E-state index in [0.29, 0.717) is 22.9 Å². The van der Waals surface area contributed by atoms with Gasteiger partial charge < -0.3 is 10.0 Å². The van der Waals surface area contributed by atoms with E-state index in [2.05, 4.69) is 0 Å². The second kappa shape index (κ2) is 7.34. The zero-order valence-electron chi connectivity index (χ0n) is 12.4. The fourth-order valence-electron chi connectivity index (χ4n) is 2.32. The van der Waals surface area contributed by atoms with Gasteiger partial charge in [0.15, 0.2) is 0 Å². The number of hydrogen-bond donors (Lipinski definition) is 1. The lowest BCUT2D eigenvalue weighted by Gasteiger charge is -2.24. The number of amides is 1. The van der Waals surface area contributed by atoms with Crippen molar-refractivity contribution >= 4 is 35.1 Å². The van der Waals surface area contributed by atoms with Gasteiger partial charge >= 0.3 is 5.97 Å². The lowest BCUT2D eigenvalue weighted by atomic mass is 10.1. The van der Waals surface area contributed by atoms with Crippen LogP contribution in [0.1, 0.15) is 31.7 Å². The molecule has 22 heavy (non-hydrogen) atoms. The van der Waals surface area contributed by atoms with Gasteiger partial charge in [-0.15, -0.1) is 0 Å². The van der Waals surface area contributed by atoms with E-state index in [4.69, 9.17) is 28.3 Å². The number of carbonyl (C=O) groups excluding carboxylic acids is 1. The Morgan fingerprint density at radius 3 is 2.59 bits per heavy atom. The van der Waals surface area contributed by atoms with Gasteiger partial charge in [0, 0.05) is 29.1 Å². The molecule has 0 radical (unpaired) electrons. The van der Waals surface area contributed by atoms with E-state index in [1.54, 1.807) is 24.0 Å². The minimum Gasteiger partial charge on any atom is -0.481 e. The molecule has 1 fully saturated rings. The Morgan fingerprint density at radius 2 is 2.05 bits per heavy atom. The van der Waals surface area contributed by atoms with Crippen molar-refractivity contribution in [1.29, 1.82) is 0 Å². The molecule has 4 nitrogen and oxygen atoms in total. The van der Waals surface area contributed by atoms with E-state index in [1.165, 1.54) is 0 Å². The van der Waals surface area contributed by atoms with Crippen LogP contribution in [0.15, 0.2) is 18.2 Å². The van der Waals surface area contributed by atoms with Gasteiger partial charge in [0.2, 0.25) is 5.91 Å². The van der Waals surface area contributed by atoms with Gasteiger partial charge in [-0.3, -0.25) is 9.59 Å². The monoisotopic (exact) mass is 343 g/mol. The molecule has 2 rings (SSSR count). The standard InChI is InChI=1S/C16H19Cl2NO3/c1-10(16(21)22)9-19(13-5-6-13)15(20)7-3-11-2-4-12(17)8-14(11)18/h2,4,8,10,13H,3,5-7,9H2,1H3,(H,21,22). The highest BCUT2D eigenvalue weighted by Gasteiger charge is 2.34. The molecule has 0 aliphatic heterocycles. The van der Waals surface area contributed by atoms with Gasteiger partial charge in [-0.2, -0.15) is 0 Å². The van der Waals surface area contributed by atoms with Crippen LogP contribution in [-0.4, -0.2) is 34.5 Å². The molecule has 1 saturated carbocycles. The maximum absolute atomic E-state index is 12.4. The van der Waals surface area contributed by atoms with Crippen molar-refractivity contribution in [3.8, 4) is 0 Å². The van der Waals surface area contributed by atoms with Gasteiger partial charge in [-0.25, -0.2) is 0 Å². The van der Waals surface area contributed by atoms with E-state index >= 15 is 0 Å². The highest BCUT2D eigenvalue weighted by atomic mass is 35.5. The predicted octanol–water partition coefficient (Wildman–Crippen LogP) is 3.64. The summed E-state index contributed by atoms with van der Waals surface area (Å²) in [5.74, 6) is -1.44. The highest BCUT2D eigenvalue weighted by Crippen LogP contribution is 2.29. The average Bonchev–Trinajstić information content (AvgIpc) is 3.27. The van der Waals surface area contributed by atoms with Crippen LogP contribution in [0.25, 0.3) is 0 Å². The normalized spacial score (nSPS) is 15.4. The summed E-state index contributed by atoms with van der Waals surface area (Å²) in [6, 6.07) is 5.43.